The van der Waals surface area contributed by atoms with Crippen LogP contribution in [-0.4, -0.2) is 40.0 Å². The van der Waals surface area contributed by atoms with Crippen molar-refractivity contribution < 1.29 is 0 Å². The zero-order valence-corrected chi connectivity index (χ0v) is 12.6. The molecule has 3 rings (SSSR count). The lowest BCUT2D eigenvalue weighted by Crippen LogP contribution is -2.41. The molecule has 1 aromatic carbocycles. The number of piperidine rings is 1. The number of nitrogens with zero attached hydrogens (tertiary/aromatic N) is 4. The van der Waals surface area contributed by atoms with Crippen LogP contribution in [0.3, 0.4) is 0 Å². The molecule has 0 bridgehead atoms. The maximum Gasteiger partial charge on any atom is 0.191 e. The van der Waals surface area contributed by atoms with Gasteiger partial charge in [-0.3, -0.25) is 4.99 Å². The second-order valence-electron chi connectivity index (χ2n) is 5.59. The van der Waals surface area contributed by atoms with E-state index in [-0.39, 0.29) is 0 Å². The Morgan fingerprint density at radius 2 is 2.00 bits per heavy atom. The van der Waals surface area contributed by atoms with E-state index in [0.717, 1.165) is 31.0 Å². The summed E-state index contributed by atoms with van der Waals surface area (Å²) < 4.78 is 2.21. The highest BCUT2D eigenvalue weighted by Gasteiger charge is 2.11. The van der Waals surface area contributed by atoms with Crippen LogP contribution in [0.2, 0.25) is 0 Å². The van der Waals surface area contributed by atoms with Crippen LogP contribution in [0.4, 0.5) is 0 Å². The van der Waals surface area contributed by atoms with E-state index >= 15 is 0 Å². The lowest BCUT2D eigenvalue weighted by Gasteiger charge is -2.27. The van der Waals surface area contributed by atoms with Gasteiger partial charge in [0.05, 0.1) is 17.6 Å². The molecule has 0 radical (unpaired) electrons. The third-order valence-electron chi connectivity index (χ3n) is 4.12. The quantitative estimate of drug-likeness (QED) is 0.694. The summed E-state index contributed by atoms with van der Waals surface area (Å²) in [4.78, 5) is 11.3. The lowest BCUT2D eigenvalue weighted by atomic mass is 10.1. The summed E-state index contributed by atoms with van der Waals surface area (Å²) in [7, 11) is 0. The smallest absolute Gasteiger partial charge is 0.191 e. The van der Waals surface area contributed by atoms with Crippen LogP contribution in [0.1, 0.15) is 25.1 Å². The second-order valence-corrected chi connectivity index (χ2v) is 5.59. The fraction of sp³-hybridized carbons (Fsp3) is 0.500. The summed E-state index contributed by atoms with van der Waals surface area (Å²) in [5, 5.41) is 0. The largest absolute Gasteiger partial charge is 0.370 e. The number of aromatic nitrogens is 2. The summed E-state index contributed by atoms with van der Waals surface area (Å²) in [6.45, 7) is 5.65. The monoisotopic (exact) mass is 285 g/mol. The summed E-state index contributed by atoms with van der Waals surface area (Å²) >= 11 is 0. The summed E-state index contributed by atoms with van der Waals surface area (Å²) in [5.41, 5.74) is 8.30. The number of fused-ring (bicyclic) bond motifs is 1. The van der Waals surface area contributed by atoms with Crippen molar-refractivity contribution in [2.75, 3.05) is 19.6 Å². The number of rotatable bonds is 3. The number of guanidine groups is 1. The van der Waals surface area contributed by atoms with E-state index in [0.29, 0.717) is 12.5 Å². The van der Waals surface area contributed by atoms with Crippen molar-refractivity contribution in [3.63, 3.8) is 0 Å². The van der Waals surface area contributed by atoms with E-state index in [4.69, 9.17) is 5.73 Å². The molecule has 5 nitrogen and oxygen atoms in total. The average Bonchev–Trinajstić information content (AvgIpc) is 2.84. The van der Waals surface area contributed by atoms with Crippen molar-refractivity contribution in [3.8, 4) is 0 Å². The molecule has 0 unspecified atom stereocenters. The Hall–Kier alpha value is -2.04. The van der Waals surface area contributed by atoms with Crippen LogP contribution in [0.5, 0.6) is 0 Å². The van der Waals surface area contributed by atoms with E-state index in [2.05, 4.69) is 25.5 Å². The molecule has 1 aromatic heterocycles. The first-order valence-electron chi connectivity index (χ1n) is 7.72. The van der Waals surface area contributed by atoms with Crippen molar-refractivity contribution in [3.05, 3.63) is 30.1 Å². The Kier molecular flexibility index (Phi) is 4.08. The van der Waals surface area contributed by atoms with Crippen LogP contribution < -0.4 is 5.73 Å². The molecule has 2 aromatic rings. The lowest BCUT2D eigenvalue weighted by molar-refractivity contribution is 0.338. The molecule has 0 saturated carbocycles. The average molecular weight is 285 g/mol. The van der Waals surface area contributed by atoms with Crippen LogP contribution >= 0.6 is 0 Å². The first-order valence-corrected chi connectivity index (χ1v) is 7.72. The Labute approximate surface area is 125 Å². The predicted octanol–water partition coefficient (Wildman–Crippen LogP) is 2.15. The first-order chi connectivity index (χ1) is 10.3. The molecule has 1 aliphatic heterocycles. The van der Waals surface area contributed by atoms with Gasteiger partial charge in [0.2, 0.25) is 0 Å². The van der Waals surface area contributed by atoms with Crippen molar-refractivity contribution in [1.82, 2.24) is 14.5 Å². The number of imidazole rings is 1. The summed E-state index contributed by atoms with van der Waals surface area (Å²) in [6, 6.07) is 8.22. The van der Waals surface area contributed by atoms with Gasteiger partial charge in [0.25, 0.3) is 0 Å². The molecule has 2 heterocycles. The minimum atomic E-state index is 0.691. The second kappa shape index (κ2) is 6.16. The van der Waals surface area contributed by atoms with Gasteiger partial charge < -0.3 is 15.2 Å². The SMILES string of the molecule is Cc1nc2ccccc2n1CCN=C(N)N1CCCCC1. The van der Waals surface area contributed by atoms with Gasteiger partial charge in [0, 0.05) is 19.6 Å². The third-order valence-corrected chi connectivity index (χ3v) is 4.12. The normalized spacial score (nSPS) is 16.6. The van der Waals surface area contributed by atoms with E-state index in [1.54, 1.807) is 0 Å². The Balaban J connectivity index is 1.67. The fourth-order valence-corrected chi connectivity index (χ4v) is 2.97. The summed E-state index contributed by atoms with van der Waals surface area (Å²) in [5.74, 6) is 1.72. The summed E-state index contributed by atoms with van der Waals surface area (Å²) in [6.07, 6.45) is 3.76. The zero-order chi connectivity index (χ0) is 14.7. The topological polar surface area (TPSA) is 59.4 Å². The number of nitrogens with two attached hydrogens (primary N) is 1. The minimum absolute atomic E-state index is 0.691. The van der Waals surface area contributed by atoms with Crippen LogP contribution in [-0.2, 0) is 6.54 Å². The van der Waals surface area contributed by atoms with Gasteiger partial charge in [-0.2, -0.15) is 0 Å². The molecule has 0 atom stereocenters. The van der Waals surface area contributed by atoms with E-state index in [1.807, 2.05) is 25.1 Å². The molecule has 21 heavy (non-hydrogen) atoms. The number of hydrogen-bond donors (Lipinski definition) is 1. The van der Waals surface area contributed by atoms with Crippen molar-refractivity contribution in [1.29, 1.82) is 0 Å². The van der Waals surface area contributed by atoms with Crippen LogP contribution in [0, 0.1) is 6.92 Å². The molecule has 112 valence electrons. The number of para-hydroxylation sites is 2. The third kappa shape index (κ3) is 3.01. The predicted molar refractivity (Wildman–Crippen MR) is 86.4 cm³/mol. The number of benzene rings is 1. The highest BCUT2D eigenvalue weighted by Crippen LogP contribution is 2.15. The standard InChI is InChI=1S/C16H23N5/c1-13-19-14-7-3-4-8-15(14)21(13)12-9-18-16(17)20-10-5-2-6-11-20/h3-4,7-8H,2,5-6,9-12H2,1H3,(H2,17,18). The molecule has 0 amide bonds. The number of aliphatic imine (C=N–C) groups is 1. The number of aryl methyl sites for hydroxylation is 1. The van der Waals surface area contributed by atoms with Gasteiger partial charge in [-0.25, -0.2) is 4.98 Å². The highest BCUT2D eigenvalue weighted by molar-refractivity contribution is 5.78. The van der Waals surface area contributed by atoms with Gasteiger partial charge in [-0.15, -0.1) is 0 Å². The Morgan fingerprint density at radius 3 is 2.81 bits per heavy atom. The minimum Gasteiger partial charge on any atom is -0.370 e. The van der Waals surface area contributed by atoms with Crippen LogP contribution in [0.25, 0.3) is 11.0 Å². The van der Waals surface area contributed by atoms with E-state index in [9.17, 15) is 0 Å². The molecule has 1 saturated heterocycles. The molecular formula is C16H23N5. The molecule has 2 N–H and O–H groups in total. The van der Waals surface area contributed by atoms with Crippen molar-refractivity contribution in [2.45, 2.75) is 32.7 Å². The fourth-order valence-electron chi connectivity index (χ4n) is 2.97. The Morgan fingerprint density at radius 1 is 1.24 bits per heavy atom. The number of hydrogen-bond acceptors (Lipinski definition) is 2. The maximum atomic E-state index is 6.09. The molecule has 0 spiro atoms. The van der Waals surface area contributed by atoms with Crippen molar-refractivity contribution >= 4 is 17.0 Å². The van der Waals surface area contributed by atoms with Gasteiger partial charge in [-0.1, -0.05) is 12.1 Å². The Bertz CT molecular complexity index is 637. The van der Waals surface area contributed by atoms with E-state index in [1.165, 1.54) is 24.8 Å². The van der Waals surface area contributed by atoms with Gasteiger partial charge in [0.15, 0.2) is 5.96 Å². The van der Waals surface area contributed by atoms with Crippen molar-refractivity contribution in [2.24, 2.45) is 10.7 Å². The molecule has 5 heteroatoms. The molecule has 1 fully saturated rings. The maximum absolute atomic E-state index is 6.09. The van der Waals surface area contributed by atoms with Crippen LogP contribution in [0.15, 0.2) is 29.3 Å². The molecule has 0 aliphatic carbocycles. The molecule has 1 aliphatic rings. The first kappa shape index (κ1) is 13.9. The van der Waals surface area contributed by atoms with Gasteiger partial charge >= 0.3 is 0 Å². The molecular weight excluding hydrogens is 262 g/mol. The van der Waals surface area contributed by atoms with Gasteiger partial charge in [-0.05, 0) is 38.3 Å². The number of likely N-dealkylation sites (tertiary alicyclic amines) is 1. The van der Waals surface area contributed by atoms with E-state index < -0.39 is 0 Å². The highest BCUT2D eigenvalue weighted by atomic mass is 15.3. The van der Waals surface area contributed by atoms with Gasteiger partial charge in [0.1, 0.15) is 5.82 Å². The zero-order valence-electron chi connectivity index (χ0n) is 12.6.